The zero-order chi connectivity index (χ0) is 20.1. The maximum absolute atomic E-state index is 13.2. The molecule has 150 valence electrons. The Morgan fingerprint density at radius 2 is 1.59 bits per heavy atom. The van der Waals surface area contributed by atoms with Gasteiger partial charge in [-0.15, -0.1) is 0 Å². The van der Waals surface area contributed by atoms with E-state index in [9.17, 15) is 4.79 Å². The molecule has 2 aromatic rings. The fourth-order valence-corrected chi connectivity index (χ4v) is 4.77. The fraction of sp³-hybridized carbons (Fsp3) is 0.440. The van der Waals surface area contributed by atoms with Crippen molar-refractivity contribution in [1.82, 2.24) is 9.80 Å². The van der Waals surface area contributed by atoms with Gasteiger partial charge in [-0.05, 0) is 75.0 Å². The van der Waals surface area contributed by atoms with Crippen LogP contribution < -0.4 is 0 Å². The molecular formula is C25H29N3O. The van der Waals surface area contributed by atoms with Crippen LogP contribution in [-0.4, -0.2) is 41.9 Å². The Labute approximate surface area is 173 Å². The number of nitrogens with zero attached hydrogens (tertiary/aromatic N) is 3. The SMILES string of the molecule is N#Cc1ccc(CN2CCC3(CCN(CCCc4ccccc4)CC3)C2=O)cc1. The van der Waals surface area contributed by atoms with Crippen molar-refractivity contribution >= 4 is 5.91 Å². The molecule has 0 N–H and O–H groups in total. The summed E-state index contributed by atoms with van der Waals surface area (Å²) in [4.78, 5) is 17.7. The van der Waals surface area contributed by atoms with E-state index in [1.807, 2.05) is 29.2 Å². The number of piperidine rings is 1. The van der Waals surface area contributed by atoms with Gasteiger partial charge in [0.25, 0.3) is 0 Å². The van der Waals surface area contributed by atoms with Gasteiger partial charge < -0.3 is 9.80 Å². The molecule has 0 bridgehead atoms. The third-order valence-corrected chi connectivity index (χ3v) is 6.65. The first-order valence-electron chi connectivity index (χ1n) is 10.7. The van der Waals surface area contributed by atoms with Gasteiger partial charge in [-0.2, -0.15) is 5.26 Å². The molecule has 1 spiro atoms. The lowest BCUT2D eigenvalue weighted by Crippen LogP contribution is -2.44. The number of aryl methyl sites for hydroxylation is 1. The van der Waals surface area contributed by atoms with Crippen LogP contribution >= 0.6 is 0 Å². The third kappa shape index (κ3) is 4.52. The number of carbonyl (C=O) groups is 1. The smallest absolute Gasteiger partial charge is 0.229 e. The molecule has 0 atom stereocenters. The highest BCUT2D eigenvalue weighted by molar-refractivity contribution is 5.85. The van der Waals surface area contributed by atoms with Crippen LogP contribution in [0.2, 0.25) is 0 Å². The molecule has 0 radical (unpaired) electrons. The van der Waals surface area contributed by atoms with Crippen LogP contribution in [0, 0.1) is 16.7 Å². The monoisotopic (exact) mass is 387 g/mol. The van der Waals surface area contributed by atoms with Gasteiger partial charge in [-0.3, -0.25) is 4.79 Å². The molecule has 2 fully saturated rings. The lowest BCUT2D eigenvalue weighted by atomic mass is 9.77. The van der Waals surface area contributed by atoms with E-state index >= 15 is 0 Å². The summed E-state index contributed by atoms with van der Waals surface area (Å²) in [6, 6.07) is 20.4. The van der Waals surface area contributed by atoms with Crippen LogP contribution in [-0.2, 0) is 17.8 Å². The van der Waals surface area contributed by atoms with E-state index in [-0.39, 0.29) is 5.41 Å². The van der Waals surface area contributed by atoms with Gasteiger partial charge in [0, 0.05) is 13.1 Å². The maximum Gasteiger partial charge on any atom is 0.229 e. The molecule has 4 nitrogen and oxygen atoms in total. The summed E-state index contributed by atoms with van der Waals surface area (Å²) in [5.41, 5.74) is 3.04. The average Bonchev–Trinajstić information content (AvgIpc) is 3.06. The van der Waals surface area contributed by atoms with Crippen molar-refractivity contribution in [2.45, 2.75) is 38.6 Å². The number of rotatable bonds is 6. The molecule has 2 aliphatic rings. The van der Waals surface area contributed by atoms with Crippen molar-refractivity contribution in [2.24, 2.45) is 5.41 Å². The molecule has 0 saturated carbocycles. The van der Waals surface area contributed by atoms with E-state index < -0.39 is 0 Å². The Kier molecular flexibility index (Phi) is 5.97. The zero-order valence-electron chi connectivity index (χ0n) is 17.0. The second-order valence-corrected chi connectivity index (χ2v) is 8.50. The zero-order valence-corrected chi connectivity index (χ0v) is 17.0. The van der Waals surface area contributed by atoms with Gasteiger partial charge in [-0.25, -0.2) is 0 Å². The summed E-state index contributed by atoms with van der Waals surface area (Å²) in [5, 5.41) is 8.94. The fourth-order valence-electron chi connectivity index (χ4n) is 4.77. The minimum atomic E-state index is -0.136. The Bertz CT molecular complexity index is 861. The van der Waals surface area contributed by atoms with E-state index in [0.29, 0.717) is 18.0 Å². The van der Waals surface area contributed by atoms with Crippen LogP contribution in [0.1, 0.15) is 42.4 Å². The molecule has 0 unspecified atom stereocenters. The molecule has 0 aromatic heterocycles. The first kappa shape index (κ1) is 19.7. The molecule has 2 aromatic carbocycles. The molecule has 2 heterocycles. The Hall–Kier alpha value is -2.64. The molecule has 4 rings (SSSR count). The summed E-state index contributed by atoms with van der Waals surface area (Å²) in [6.07, 6.45) is 5.26. The number of hydrogen-bond acceptors (Lipinski definition) is 3. The standard InChI is InChI=1S/C25H29N3O/c26-19-22-8-10-23(11-9-22)20-28-18-14-25(24(28)29)12-16-27(17-13-25)15-4-7-21-5-2-1-3-6-21/h1-3,5-6,8-11H,4,7,12-18,20H2. The van der Waals surface area contributed by atoms with E-state index in [4.69, 9.17) is 5.26 Å². The highest BCUT2D eigenvalue weighted by Gasteiger charge is 2.47. The van der Waals surface area contributed by atoms with Crippen LogP contribution in [0.25, 0.3) is 0 Å². The Balaban J connectivity index is 1.26. The summed E-state index contributed by atoms with van der Waals surface area (Å²) >= 11 is 0. The summed E-state index contributed by atoms with van der Waals surface area (Å²) < 4.78 is 0. The predicted molar refractivity (Wildman–Crippen MR) is 114 cm³/mol. The molecule has 0 aliphatic carbocycles. The predicted octanol–water partition coefficient (Wildman–Crippen LogP) is 4.01. The molecule has 1 amide bonds. The van der Waals surface area contributed by atoms with Gasteiger partial charge in [0.1, 0.15) is 0 Å². The van der Waals surface area contributed by atoms with E-state index in [1.54, 1.807) is 0 Å². The molecule has 29 heavy (non-hydrogen) atoms. The lowest BCUT2D eigenvalue weighted by Gasteiger charge is -2.38. The third-order valence-electron chi connectivity index (χ3n) is 6.65. The van der Waals surface area contributed by atoms with Crippen molar-refractivity contribution < 1.29 is 4.79 Å². The highest BCUT2D eigenvalue weighted by atomic mass is 16.2. The van der Waals surface area contributed by atoms with Crippen molar-refractivity contribution in [3.8, 4) is 6.07 Å². The number of likely N-dealkylation sites (tertiary alicyclic amines) is 2. The normalized spacial score (nSPS) is 18.9. The maximum atomic E-state index is 13.2. The first-order valence-corrected chi connectivity index (χ1v) is 10.7. The van der Waals surface area contributed by atoms with Gasteiger partial charge >= 0.3 is 0 Å². The van der Waals surface area contributed by atoms with Crippen molar-refractivity contribution in [3.63, 3.8) is 0 Å². The number of carbonyl (C=O) groups excluding carboxylic acids is 1. The van der Waals surface area contributed by atoms with Crippen molar-refractivity contribution in [2.75, 3.05) is 26.2 Å². The van der Waals surface area contributed by atoms with Crippen LogP contribution in [0.5, 0.6) is 0 Å². The van der Waals surface area contributed by atoms with Crippen molar-refractivity contribution in [3.05, 3.63) is 71.3 Å². The van der Waals surface area contributed by atoms with Crippen LogP contribution in [0.4, 0.5) is 0 Å². The molecule has 4 heteroatoms. The quantitative estimate of drug-likeness (QED) is 0.752. The highest BCUT2D eigenvalue weighted by Crippen LogP contribution is 2.42. The summed E-state index contributed by atoms with van der Waals surface area (Å²) in [7, 11) is 0. The number of hydrogen-bond donors (Lipinski definition) is 0. The lowest BCUT2D eigenvalue weighted by molar-refractivity contribution is -0.138. The second-order valence-electron chi connectivity index (χ2n) is 8.50. The number of amides is 1. The molecular weight excluding hydrogens is 358 g/mol. The van der Waals surface area contributed by atoms with E-state index in [0.717, 1.165) is 57.4 Å². The summed E-state index contributed by atoms with van der Waals surface area (Å²) in [6.45, 7) is 4.70. The van der Waals surface area contributed by atoms with Gasteiger partial charge in [0.15, 0.2) is 0 Å². The first-order chi connectivity index (χ1) is 14.2. The largest absolute Gasteiger partial charge is 0.338 e. The van der Waals surface area contributed by atoms with Gasteiger partial charge in [-0.1, -0.05) is 42.5 Å². The Morgan fingerprint density at radius 3 is 2.28 bits per heavy atom. The van der Waals surface area contributed by atoms with Gasteiger partial charge in [0.05, 0.1) is 17.0 Å². The van der Waals surface area contributed by atoms with Crippen LogP contribution in [0.15, 0.2) is 54.6 Å². The topological polar surface area (TPSA) is 47.3 Å². The second kappa shape index (κ2) is 8.80. The average molecular weight is 388 g/mol. The number of benzene rings is 2. The molecule has 2 saturated heterocycles. The van der Waals surface area contributed by atoms with Crippen molar-refractivity contribution in [1.29, 1.82) is 5.26 Å². The minimum Gasteiger partial charge on any atom is -0.338 e. The summed E-state index contributed by atoms with van der Waals surface area (Å²) in [5.74, 6) is 0.339. The molecule has 2 aliphatic heterocycles. The van der Waals surface area contributed by atoms with Gasteiger partial charge in [0.2, 0.25) is 5.91 Å². The van der Waals surface area contributed by atoms with E-state index in [2.05, 4.69) is 41.3 Å². The van der Waals surface area contributed by atoms with Crippen LogP contribution in [0.3, 0.4) is 0 Å². The Morgan fingerprint density at radius 1 is 0.897 bits per heavy atom. The van der Waals surface area contributed by atoms with E-state index in [1.165, 1.54) is 12.0 Å². The number of nitriles is 1. The minimum absolute atomic E-state index is 0.136.